The van der Waals surface area contributed by atoms with Gasteiger partial charge in [-0.15, -0.1) is 0 Å². The lowest BCUT2D eigenvalue weighted by Crippen LogP contribution is -2.40. The van der Waals surface area contributed by atoms with Crippen LogP contribution in [0.15, 0.2) is 0 Å². The third-order valence-electron chi connectivity index (χ3n) is 4.88. The molecule has 0 aromatic rings. The molecule has 1 saturated heterocycles. The first kappa shape index (κ1) is 15.8. The summed E-state index contributed by atoms with van der Waals surface area (Å²) < 4.78 is 0. The van der Waals surface area contributed by atoms with Crippen LogP contribution in [-0.2, 0) is 4.79 Å². The number of carbonyl (C=O) groups is 1. The lowest BCUT2D eigenvalue weighted by molar-refractivity contribution is -0.131. The molecule has 2 rings (SSSR count). The first-order valence-corrected chi connectivity index (χ1v) is 8.57. The standard InChI is InChI=1S/C17H32N2O/c1-5-6-16-18-15(9-12(2)3)17(20)19(16)11-14-8-7-13(4)10-14/h12-16,18H,5-11H2,1-4H3. The lowest BCUT2D eigenvalue weighted by Gasteiger charge is -2.27. The van der Waals surface area contributed by atoms with Gasteiger partial charge in [-0.25, -0.2) is 0 Å². The van der Waals surface area contributed by atoms with Gasteiger partial charge in [-0.2, -0.15) is 0 Å². The van der Waals surface area contributed by atoms with Gasteiger partial charge in [0.2, 0.25) is 5.91 Å². The molecule has 2 aliphatic rings. The molecule has 4 atom stereocenters. The van der Waals surface area contributed by atoms with Crippen LogP contribution in [0, 0.1) is 17.8 Å². The van der Waals surface area contributed by atoms with E-state index in [4.69, 9.17) is 0 Å². The second kappa shape index (κ2) is 6.93. The molecule has 1 N–H and O–H groups in total. The summed E-state index contributed by atoms with van der Waals surface area (Å²) in [6.45, 7) is 9.93. The third-order valence-corrected chi connectivity index (χ3v) is 4.88. The number of rotatable bonds is 6. The van der Waals surface area contributed by atoms with Crippen molar-refractivity contribution < 1.29 is 4.79 Å². The van der Waals surface area contributed by atoms with Crippen molar-refractivity contribution in [2.75, 3.05) is 6.54 Å². The fourth-order valence-corrected chi connectivity index (χ4v) is 3.89. The molecule has 0 aromatic carbocycles. The minimum Gasteiger partial charge on any atom is -0.326 e. The maximum atomic E-state index is 12.7. The Labute approximate surface area is 124 Å². The van der Waals surface area contributed by atoms with Crippen molar-refractivity contribution in [2.24, 2.45) is 17.8 Å². The van der Waals surface area contributed by atoms with Crippen molar-refractivity contribution in [1.29, 1.82) is 0 Å². The van der Waals surface area contributed by atoms with Crippen LogP contribution >= 0.6 is 0 Å². The molecule has 0 spiro atoms. The number of hydrogen-bond acceptors (Lipinski definition) is 2. The van der Waals surface area contributed by atoms with E-state index in [1.165, 1.54) is 19.3 Å². The van der Waals surface area contributed by atoms with Crippen LogP contribution in [0.4, 0.5) is 0 Å². The van der Waals surface area contributed by atoms with E-state index in [0.717, 1.165) is 37.6 Å². The van der Waals surface area contributed by atoms with Crippen molar-refractivity contribution >= 4 is 5.91 Å². The zero-order valence-corrected chi connectivity index (χ0v) is 13.7. The first-order chi connectivity index (χ1) is 9.51. The highest BCUT2D eigenvalue weighted by Gasteiger charge is 2.39. The van der Waals surface area contributed by atoms with Crippen molar-refractivity contribution in [2.45, 2.75) is 78.4 Å². The summed E-state index contributed by atoms with van der Waals surface area (Å²) in [5, 5.41) is 3.58. The van der Waals surface area contributed by atoms with E-state index < -0.39 is 0 Å². The van der Waals surface area contributed by atoms with Gasteiger partial charge in [0.1, 0.15) is 0 Å². The Morgan fingerprint density at radius 3 is 2.65 bits per heavy atom. The average molecular weight is 280 g/mol. The largest absolute Gasteiger partial charge is 0.326 e. The van der Waals surface area contributed by atoms with Crippen LogP contribution in [0.25, 0.3) is 0 Å². The highest BCUT2D eigenvalue weighted by molar-refractivity contribution is 5.84. The molecule has 116 valence electrons. The van der Waals surface area contributed by atoms with E-state index in [1.807, 2.05) is 0 Å². The van der Waals surface area contributed by atoms with Crippen molar-refractivity contribution in [3.63, 3.8) is 0 Å². The number of nitrogens with one attached hydrogen (secondary N) is 1. The van der Waals surface area contributed by atoms with Crippen molar-refractivity contribution in [3.8, 4) is 0 Å². The van der Waals surface area contributed by atoms with Gasteiger partial charge in [0.15, 0.2) is 0 Å². The third kappa shape index (κ3) is 3.75. The van der Waals surface area contributed by atoms with E-state index in [0.29, 0.717) is 11.8 Å². The first-order valence-electron chi connectivity index (χ1n) is 8.57. The van der Waals surface area contributed by atoms with Gasteiger partial charge in [0, 0.05) is 6.54 Å². The summed E-state index contributed by atoms with van der Waals surface area (Å²) in [5.41, 5.74) is 0. The molecule has 1 aliphatic carbocycles. The Morgan fingerprint density at radius 1 is 1.35 bits per heavy atom. The van der Waals surface area contributed by atoms with Crippen LogP contribution in [-0.4, -0.2) is 29.6 Å². The molecule has 1 amide bonds. The normalized spacial score (nSPS) is 34.5. The maximum Gasteiger partial charge on any atom is 0.241 e. The summed E-state index contributed by atoms with van der Waals surface area (Å²) >= 11 is 0. The predicted octanol–water partition coefficient (Wildman–Crippen LogP) is 3.40. The van der Waals surface area contributed by atoms with E-state index in [-0.39, 0.29) is 12.2 Å². The Hall–Kier alpha value is -0.570. The molecule has 1 aliphatic heterocycles. The van der Waals surface area contributed by atoms with E-state index in [1.54, 1.807) is 0 Å². The summed E-state index contributed by atoms with van der Waals surface area (Å²) in [5.74, 6) is 2.51. The molecular weight excluding hydrogens is 248 g/mol. The molecule has 1 saturated carbocycles. The monoisotopic (exact) mass is 280 g/mol. The fourth-order valence-electron chi connectivity index (χ4n) is 3.89. The van der Waals surface area contributed by atoms with Crippen molar-refractivity contribution in [3.05, 3.63) is 0 Å². The van der Waals surface area contributed by atoms with Crippen LogP contribution in [0.1, 0.15) is 66.2 Å². The fraction of sp³-hybridized carbons (Fsp3) is 0.941. The molecule has 1 heterocycles. The maximum absolute atomic E-state index is 12.7. The van der Waals surface area contributed by atoms with E-state index in [2.05, 4.69) is 37.9 Å². The minimum atomic E-state index is 0.0605. The smallest absolute Gasteiger partial charge is 0.241 e. The molecule has 4 unspecified atom stereocenters. The van der Waals surface area contributed by atoms with Gasteiger partial charge < -0.3 is 4.90 Å². The van der Waals surface area contributed by atoms with Crippen LogP contribution in [0.2, 0.25) is 0 Å². The summed E-state index contributed by atoms with van der Waals surface area (Å²) in [6, 6.07) is 0.0605. The van der Waals surface area contributed by atoms with Crippen LogP contribution < -0.4 is 5.32 Å². The van der Waals surface area contributed by atoms with E-state index >= 15 is 0 Å². The number of carbonyl (C=O) groups excluding carboxylic acids is 1. The van der Waals surface area contributed by atoms with Gasteiger partial charge >= 0.3 is 0 Å². The molecule has 0 radical (unpaired) electrons. The molecular formula is C17H32N2O. The Morgan fingerprint density at radius 2 is 2.10 bits per heavy atom. The average Bonchev–Trinajstić information content (AvgIpc) is 2.89. The number of hydrogen-bond donors (Lipinski definition) is 1. The molecule has 0 aromatic heterocycles. The van der Waals surface area contributed by atoms with Crippen LogP contribution in [0.3, 0.4) is 0 Å². The Kier molecular flexibility index (Phi) is 5.48. The second-order valence-corrected chi connectivity index (χ2v) is 7.43. The highest BCUT2D eigenvalue weighted by atomic mass is 16.2. The molecule has 0 bridgehead atoms. The van der Waals surface area contributed by atoms with Gasteiger partial charge in [-0.1, -0.05) is 40.5 Å². The summed E-state index contributed by atoms with van der Waals surface area (Å²) in [7, 11) is 0. The summed E-state index contributed by atoms with van der Waals surface area (Å²) in [6.07, 6.45) is 7.42. The molecule has 3 heteroatoms. The lowest BCUT2D eigenvalue weighted by atomic mass is 10.0. The number of nitrogens with zero attached hydrogens (tertiary/aromatic N) is 1. The van der Waals surface area contributed by atoms with E-state index in [9.17, 15) is 4.79 Å². The Bertz CT molecular complexity index is 329. The zero-order chi connectivity index (χ0) is 14.7. The quantitative estimate of drug-likeness (QED) is 0.809. The predicted molar refractivity (Wildman–Crippen MR) is 83.3 cm³/mol. The number of amides is 1. The van der Waals surface area contributed by atoms with Gasteiger partial charge in [-0.3, -0.25) is 10.1 Å². The minimum absolute atomic E-state index is 0.0605. The van der Waals surface area contributed by atoms with Crippen molar-refractivity contribution in [1.82, 2.24) is 10.2 Å². The van der Waals surface area contributed by atoms with Gasteiger partial charge in [0.25, 0.3) is 0 Å². The molecule has 2 fully saturated rings. The topological polar surface area (TPSA) is 32.3 Å². The van der Waals surface area contributed by atoms with Gasteiger partial charge in [-0.05, 0) is 43.4 Å². The zero-order valence-electron chi connectivity index (χ0n) is 13.7. The Balaban J connectivity index is 1.97. The van der Waals surface area contributed by atoms with Crippen LogP contribution in [0.5, 0.6) is 0 Å². The molecule has 3 nitrogen and oxygen atoms in total. The second-order valence-electron chi connectivity index (χ2n) is 7.43. The van der Waals surface area contributed by atoms with Gasteiger partial charge in [0.05, 0.1) is 12.2 Å². The SMILES string of the molecule is CCCC1NC(CC(C)C)C(=O)N1CC1CCC(C)C1. The highest BCUT2D eigenvalue weighted by Crippen LogP contribution is 2.32. The summed E-state index contributed by atoms with van der Waals surface area (Å²) in [4.78, 5) is 14.8. The molecule has 20 heavy (non-hydrogen) atoms.